The Morgan fingerprint density at radius 3 is 2.86 bits per heavy atom. The van der Waals surface area contributed by atoms with Crippen LogP contribution in [0.15, 0.2) is 40.6 Å². The van der Waals surface area contributed by atoms with Gasteiger partial charge in [0.1, 0.15) is 20.9 Å². The van der Waals surface area contributed by atoms with Crippen LogP contribution in [0.3, 0.4) is 0 Å². The smallest absolute Gasteiger partial charge is 0.250 e. The van der Waals surface area contributed by atoms with Crippen molar-refractivity contribution in [2.24, 2.45) is 0 Å². The molecule has 108 valence electrons. The summed E-state index contributed by atoms with van der Waals surface area (Å²) in [4.78, 5) is 0.378. The highest BCUT2D eigenvalue weighted by Gasteiger charge is 2.27. The molecule has 1 unspecified atom stereocenters. The van der Waals surface area contributed by atoms with E-state index in [0.717, 1.165) is 16.9 Å². The van der Waals surface area contributed by atoms with Crippen molar-refractivity contribution in [3.05, 3.63) is 46.8 Å². The van der Waals surface area contributed by atoms with E-state index in [4.69, 9.17) is 10.00 Å². The Kier molecular flexibility index (Phi) is 3.68. The highest BCUT2D eigenvalue weighted by Crippen LogP contribution is 2.33. The number of hydrogen-bond donors (Lipinski definition) is 1. The highest BCUT2D eigenvalue weighted by atomic mass is 32.2. The van der Waals surface area contributed by atoms with Gasteiger partial charge in [0.05, 0.1) is 12.6 Å². The molecule has 3 rings (SSSR count). The first-order chi connectivity index (χ1) is 10.1. The molecule has 0 fully saturated rings. The van der Waals surface area contributed by atoms with Gasteiger partial charge in [-0.1, -0.05) is 18.2 Å². The van der Waals surface area contributed by atoms with Crippen LogP contribution in [0.25, 0.3) is 0 Å². The van der Waals surface area contributed by atoms with Gasteiger partial charge in [-0.15, -0.1) is 11.3 Å². The molecule has 1 atom stereocenters. The Bertz CT molecular complexity index is 806. The number of nitrogens with zero attached hydrogens (tertiary/aromatic N) is 1. The van der Waals surface area contributed by atoms with E-state index < -0.39 is 10.0 Å². The van der Waals surface area contributed by atoms with Crippen LogP contribution in [-0.4, -0.2) is 15.0 Å². The molecule has 2 heterocycles. The number of fused-ring (bicyclic) bond motifs is 1. The van der Waals surface area contributed by atoms with Gasteiger partial charge >= 0.3 is 0 Å². The number of hydrogen-bond acceptors (Lipinski definition) is 5. The Morgan fingerprint density at radius 1 is 1.29 bits per heavy atom. The van der Waals surface area contributed by atoms with E-state index in [1.165, 1.54) is 12.1 Å². The fraction of sp³-hybridized carbons (Fsp3) is 0.214. The molecule has 21 heavy (non-hydrogen) atoms. The zero-order valence-electron chi connectivity index (χ0n) is 10.9. The van der Waals surface area contributed by atoms with Gasteiger partial charge in [-0.05, 0) is 18.2 Å². The Labute approximate surface area is 126 Å². The lowest BCUT2D eigenvalue weighted by Gasteiger charge is -2.26. The molecule has 1 aromatic carbocycles. The van der Waals surface area contributed by atoms with Gasteiger partial charge in [-0.3, -0.25) is 0 Å². The molecule has 2 aromatic rings. The standard InChI is InChI=1S/C14H12N2O3S2/c15-9-10-5-6-14(20-10)21(17,18)16-12-7-8-19-13-4-2-1-3-11(12)13/h1-6,12,16H,7-8H2. The molecule has 0 saturated carbocycles. The predicted octanol–water partition coefficient (Wildman–Crippen LogP) is 2.42. The normalized spacial score (nSPS) is 17.6. The summed E-state index contributed by atoms with van der Waals surface area (Å²) in [5.41, 5.74) is 0.837. The summed E-state index contributed by atoms with van der Waals surface area (Å²) in [6.07, 6.45) is 0.576. The maximum absolute atomic E-state index is 12.4. The molecule has 0 amide bonds. The molecule has 1 N–H and O–H groups in total. The fourth-order valence-corrected chi connectivity index (χ4v) is 4.60. The van der Waals surface area contributed by atoms with E-state index >= 15 is 0 Å². The van der Waals surface area contributed by atoms with Crippen LogP contribution >= 0.6 is 11.3 Å². The fourth-order valence-electron chi connectivity index (χ4n) is 2.23. The summed E-state index contributed by atoms with van der Waals surface area (Å²) >= 11 is 0.967. The lowest BCUT2D eigenvalue weighted by atomic mass is 10.0. The molecule has 5 nitrogen and oxygen atoms in total. The van der Waals surface area contributed by atoms with E-state index in [-0.39, 0.29) is 10.3 Å². The monoisotopic (exact) mass is 320 g/mol. The van der Waals surface area contributed by atoms with Gasteiger partial charge in [0.25, 0.3) is 10.0 Å². The first kappa shape index (κ1) is 14.1. The van der Waals surface area contributed by atoms with Gasteiger partial charge in [0.15, 0.2) is 0 Å². The van der Waals surface area contributed by atoms with Crippen molar-refractivity contribution in [3.8, 4) is 11.8 Å². The van der Waals surface area contributed by atoms with Gasteiger partial charge in [0, 0.05) is 12.0 Å². The molecule has 1 aliphatic heterocycles. The highest BCUT2D eigenvalue weighted by molar-refractivity contribution is 7.91. The number of nitrogens with one attached hydrogen (secondary N) is 1. The Hall–Kier alpha value is -1.88. The van der Waals surface area contributed by atoms with Crippen LogP contribution in [0.4, 0.5) is 0 Å². The molecule has 0 bridgehead atoms. The minimum absolute atomic E-state index is 0.156. The van der Waals surface area contributed by atoms with Crippen LogP contribution in [0.1, 0.15) is 22.9 Å². The zero-order valence-corrected chi connectivity index (χ0v) is 12.6. The molecule has 1 aromatic heterocycles. The van der Waals surface area contributed by atoms with Crippen LogP contribution in [0.5, 0.6) is 5.75 Å². The topological polar surface area (TPSA) is 79.2 Å². The van der Waals surface area contributed by atoms with Crippen molar-refractivity contribution in [2.45, 2.75) is 16.7 Å². The summed E-state index contributed by atoms with van der Waals surface area (Å²) < 4.78 is 33.2. The van der Waals surface area contributed by atoms with Crippen molar-refractivity contribution in [2.75, 3.05) is 6.61 Å². The molecule has 0 saturated heterocycles. The molecule has 1 aliphatic rings. The summed E-state index contributed by atoms with van der Waals surface area (Å²) in [5, 5.41) is 8.80. The van der Waals surface area contributed by atoms with E-state index in [1.807, 2.05) is 30.3 Å². The number of sulfonamides is 1. The van der Waals surface area contributed by atoms with Gasteiger partial charge in [-0.25, -0.2) is 13.1 Å². The second kappa shape index (κ2) is 5.48. The molecular weight excluding hydrogens is 308 g/mol. The summed E-state index contributed by atoms with van der Waals surface area (Å²) in [6.45, 7) is 0.470. The number of nitriles is 1. The van der Waals surface area contributed by atoms with Crippen molar-refractivity contribution in [1.82, 2.24) is 4.72 Å². The van der Waals surface area contributed by atoms with Crippen LogP contribution in [0, 0.1) is 11.3 Å². The summed E-state index contributed by atoms with van der Waals surface area (Å²) in [5.74, 6) is 0.709. The second-order valence-electron chi connectivity index (χ2n) is 4.58. The van der Waals surface area contributed by atoms with E-state index in [9.17, 15) is 8.42 Å². The number of para-hydroxylation sites is 1. The quantitative estimate of drug-likeness (QED) is 0.942. The SMILES string of the molecule is N#Cc1ccc(S(=O)(=O)NC2CCOc3ccccc32)s1. The van der Waals surface area contributed by atoms with E-state index in [2.05, 4.69) is 4.72 Å². The minimum Gasteiger partial charge on any atom is -0.493 e. The number of benzene rings is 1. The molecule has 7 heteroatoms. The number of ether oxygens (including phenoxy) is 1. The predicted molar refractivity (Wildman–Crippen MR) is 78.7 cm³/mol. The molecular formula is C14H12N2O3S2. The van der Waals surface area contributed by atoms with Crippen LogP contribution < -0.4 is 9.46 Å². The Morgan fingerprint density at radius 2 is 2.10 bits per heavy atom. The van der Waals surface area contributed by atoms with Gasteiger partial charge in [0.2, 0.25) is 0 Å². The van der Waals surface area contributed by atoms with Gasteiger partial charge in [-0.2, -0.15) is 5.26 Å². The maximum atomic E-state index is 12.4. The van der Waals surface area contributed by atoms with Crippen molar-refractivity contribution < 1.29 is 13.2 Å². The summed E-state index contributed by atoms with van der Waals surface area (Å²) in [7, 11) is -3.63. The number of thiophene rings is 1. The van der Waals surface area contributed by atoms with Crippen molar-refractivity contribution >= 4 is 21.4 Å². The van der Waals surface area contributed by atoms with E-state index in [1.54, 1.807) is 0 Å². The second-order valence-corrected chi connectivity index (χ2v) is 7.60. The van der Waals surface area contributed by atoms with E-state index in [0.29, 0.717) is 23.7 Å². The summed E-state index contributed by atoms with van der Waals surface area (Å²) in [6, 6.07) is 12.0. The molecule has 0 aliphatic carbocycles. The maximum Gasteiger partial charge on any atom is 0.250 e. The zero-order chi connectivity index (χ0) is 14.9. The Balaban J connectivity index is 1.89. The third-order valence-electron chi connectivity index (χ3n) is 3.21. The average Bonchev–Trinajstić information content (AvgIpc) is 2.97. The largest absolute Gasteiger partial charge is 0.493 e. The molecule has 0 spiro atoms. The first-order valence-electron chi connectivity index (χ1n) is 6.34. The van der Waals surface area contributed by atoms with Crippen molar-refractivity contribution in [1.29, 1.82) is 5.26 Å². The third-order valence-corrected chi connectivity index (χ3v) is 6.17. The lowest BCUT2D eigenvalue weighted by Crippen LogP contribution is -2.31. The number of rotatable bonds is 3. The van der Waals surface area contributed by atoms with Crippen LogP contribution in [-0.2, 0) is 10.0 Å². The van der Waals surface area contributed by atoms with Crippen LogP contribution in [0.2, 0.25) is 0 Å². The minimum atomic E-state index is -3.63. The average molecular weight is 320 g/mol. The van der Waals surface area contributed by atoms with Crippen molar-refractivity contribution in [3.63, 3.8) is 0 Å². The lowest BCUT2D eigenvalue weighted by molar-refractivity contribution is 0.263. The molecule has 0 radical (unpaired) electrons. The van der Waals surface area contributed by atoms with Gasteiger partial charge < -0.3 is 4.74 Å². The first-order valence-corrected chi connectivity index (χ1v) is 8.64. The third kappa shape index (κ3) is 2.78.